The molecule has 3 atom stereocenters. The first-order chi connectivity index (χ1) is 16.5. The average Bonchev–Trinajstić information content (AvgIpc) is 3.18. The summed E-state index contributed by atoms with van der Waals surface area (Å²) >= 11 is 0. The van der Waals surface area contributed by atoms with Gasteiger partial charge >= 0.3 is 11.9 Å². The number of carboxylic acids is 2. The predicted molar refractivity (Wildman–Crippen MR) is 121 cm³/mol. The molecule has 0 bridgehead atoms. The van der Waals surface area contributed by atoms with Gasteiger partial charge in [-0.3, -0.25) is 28.8 Å². The molecule has 1 aromatic carbocycles. The SMILES string of the molecule is NC(=O)CC(NC(=O)C(Cc1c[nH]c2ccccc12)NC(=O)C(N)CC(=O)O)C(=O)NCC(=O)O. The first kappa shape index (κ1) is 26.8. The molecule has 3 unspecified atom stereocenters. The Morgan fingerprint density at radius 2 is 1.54 bits per heavy atom. The number of nitrogens with one attached hydrogen (secondary N) is 4. The smallest absolute Gasteiger partial charge is 0.322 e. The van der Waals surface area contributed by atoms with Gasteiger partial charge in [0, 0.05) is 23.5 Å². The molecule has 2 rings (SSSR count). The topological polar surface area (TPSA) is 247 Å². The molecule has 0 aliphatic carbocycles. The summed E-state index contributed by atoms with van der Waals surface area (Å²) in [6, 6.07) is 2.84. The van der Waals surface area contributed by atoms with Gasteiger partial charge in [0.1, 0.15) is 18.6 Å². The third-order valence-electron chi connectivity index (χ3n) is 4.92. The van der Waals surface area contributed by atoms with Crippen LogP contribution in [0, 0.1) is 0 Å². The van der Waals surface area contributed by atoms with Crippen LogP contribution in [0.5, 0.6) is 0 Å². The molecule has 0 saturated carbocycles. The van der Waals surface area contributed by atoms with Crippen molar-refractivity contribution in [1.82, 2.24) is 20.9 Å². The Kier molecular flexibility index (Phi) is 9.28. The van der Waals surface area contributed by atoms with Gasteiger partial charge in [0.05, 0.1) is 18.9 Å². The van der Waals surface area contributed by atoms with E-state index in [9.17, 15) is 28.8 Å². The highest BCUT2D eigenvalue weighted by Crippen LogP contribution is 2.19. The van der Waals surface area contributed by atoms with E-state index in [-0.39, 0.29) is 6.42 Å². The largest absolute Gasteiger partial charge is 0.481 e. The van der Waals surface area contributed by atoms with Crippen molar-refractivity contribution in [2.45, 2.75) is 37.4 Å². The maximum Gasteiger partial charge on any atom is 0.322 e. The van der Waals surface area contributed by atoms with Gasteiger partial charge in [-0.2, -0.15) is 0 Å². The maximum absolute atomic E-state index is 13.1. The molecule has 2 aromatic rings. The standard InChI is InChI=1S/C21H26N6O8/c22-12(6-17(29)30)19(33)26-14(5-10-8-24-13-4-2-1-3-11(10)13)21(35)27-15(7-16(23)28)20(34)25-9-18(31)32/h1-4,8,12,14-15,24H,5-7,9,22H2,(H2,23,28)(H,25,34)(H,26,33)(H,27,35)(H,29,30)(H,31,32). The van der Waals surface area contributed by atoms with E-state index in [1.807, 2.05) is 5.32 Å². The fourth-order valence-electron chi connectivity index (χ4n) is 3.26. The molecule has 35 heavy (non-hydrogen) atoms. The fraction of sp³-hybridized carbons (Fsp3) is 0.333. The van der Waals surface area contributed by atoms with Gasteiger partial charge in [-0.05, 0) is 11.6 Å². The first-order valence-electron chi connectivity index (χ1n) is 10.4. The van der Waals surface area contributed by atoms with Crippen molar-refractivity contribution >= 4 is 46.5 Å². The highest BCUT2D eigenvalue weighted by Gasteiger charge is 2.30. The van der Waals surface area contributed by atoms with Crippen LogP contribution in [0.15, 0.2) is 30.5 Å². The van der Waals surface area contributed by atoms with E-state index in [1.54, 1.807) is 30.5 Å². The minimum absolute atomic E-state index is 0.0819. The van der Waals surface area contributed by atoms with Crippen LogP contribution in [0.25, 0.3) is 10.9 Å². The number of aliphatic carboxylic acids is 2. The summed E-state index contributed by atoms with van der Waals surface area (Å²) in [6.07, 6.45) is 0.217. The van der Waals surface area contributed by atoms with Crippen molar-refractivity contribution in [3.63, 3.8) is 0 Å². The van der Waals surface area contributed by atoms with Crippen LogP contribution in [0.1, 0.15) is 18.4 Å². The lowest BCUT2D eigenvalue weighted by atomic mass is 10.0. The van der Waals surface area contributed by atoms with E-state index < -0.39 is 73.1 Å². The number of hydrogen-bond acceptors (Lipinski definition) is 7. The third-order valence-corrected chi connectivity index (χ3v) is 4.92. The van der Waals surface area contributed by atoms with Crippen LogP contribution in [-0.4, -0.2) is 75.4 Å². The molecule has 1 heterocycles. The van der Waals surface area contributed by atoms with Crippen LogP contribution in [0.4, 0.5) is 0 Å². The molecule has 0 radical (unpaired) electrons. The Hall–Kier alpha value is -4.46. The van der Waals surface area contributed by atoms with Crippen LogP contribution < -0.4 is 27.4 Å². The minimum Gasteiger partial charge on any atom is -0.481 e. The van der Waals surface area contributed by atoms with Crippen molar-refractivity contribution in [3.05, 3.63) is 36.0 Å². The molecule has 4 amide bonds. The summed E-state index contributed by atoms with van der Waals surface area (Å²) in [7, 11) is 0. The van der Waals surface area contributed by atoms with Gasteiger partial charge in [0.2, 0.25) is 23.6 Å². The van der Waals surface area contributed by atoms with Gasteiger partial charge < -0.3 is 42.6 Å². The molecule has 0 fully saturated rings. The number of nitrogens with two attached hydrogens (primary N) is 2. The molecule has 10 N–H and O–H groups in total. The number of rotatable bonds is 13. The Balaban J connectivity index is 2.28. The molecule has 0 aliphatic rings. The summed E-state index contributed by atoms with van der Waals surface area (Å²) in [5.74, 6) is -6.40. The molecule has 0 aliphatic heterocycles. The van der Waals surface area contributed by atoms with E-state index >= 15 is 0 Å². The maximum atomic E-state index is 13.1. The highest BCUT2D eigenvalue weighted by molar-refractivity contribution is 5.96. The number of fused-ring (bicyclic) bond motifs is 1. The van der Waals surface area contributed by atoms with Crippen LogP contribution in [0.2, 0.25) is 0 Å². The highest BCUT2D eigenvalue weighted by atomic mass is 16.4. The number of carbonyl (C=O) groups excluding carboxylic acids is 4. The van der Waals surface area contributed by atoms with Crippen molar-refractivity contribution in [2.75, 3.05) is 6.54 Å². The van der Waals surface area contributed by atoms with Crippen molar-refractivity contribution in [2.24, 2.45) is 11.5 Å². The fourth-order valence-corrected chi connectivity index (χ4v) is 3.26. The molecule has 0 spiro atoms. The molecule has 1 aromatic heterocycles. The number of hydrogen-bond donors (Lipinski definition) is 8. The second kappa shape index (κ2) is 12.1. The zero-order valence-corrected chi connectivity index (χ0v) is 18.4. The van der Waals surface area contributed by atoms with Gasteiger partial charge in [0.15, 0.2) is 0 Å². The number of aromatic nitrogens is 1. The molecule has 188 valence electrons. The van der Waals surface area contributed by atoms with Crippen molar-refractivity contribution in [3.8, 4) is 0 Å². The zero-order chi connectivity index (χ0) is 26.1. The number of amides is 4. The van der Waals surface area contributed by atoms with E-state index in [2.05, 4.69) is 15.6 Å². The average molecular weight is 490 g/mol. The van der Waals surface area contributed by atoms with Crippen LogP contribution in [0.3, 0.4) is 0 Å². The summed E-state index contributed by atoms with van der Waals surface area (Å²) in [4.78, 5) is 73.9. The lowest BCUT2D eigenvalue weighted by molar-refractivity contribution is -0.139. The number of carbonyl (C=O) groups is 6. The summed E-state index contributed by atoms with van der Waals surface area (Å²) in [5, 5.41) is 25.1. The Labute approximate surface area is 198 Å². The first-order valence-corrected chi connectivity index (χ1v) is 10.4. The minimum atomic E-state index is -1.52. The normalized spacial score (nSPS) is 13.3. The van der Waals surface area contributed by atoms with Gasteiger partial charge in [-0.25, -0.2) is 0 Å². The summed E-state index contributed by atoms with van der Waals surface area (Å²) in [5.41, 5.74) is 12.1. The number of primary amides is 1. The summed E-state index contributed by atoms with van der Waals surface area (Å²) in [6.45, 7) is -0.760. The van der Waals surface area contributed by atoms with E-state index in [0.717, 1.165) is 10.9 Å². The Morgan fingerprint density at radius 3 is 2.17 bits per heavy atom. The Morgan fingerprint density at radius 1 is 0.886 bits per heavy atom. The number of para-hydroxylation sites is 1. The van der Waals surface area contributed by atoms with Gasteiger partial charge in [-0.1, -0.05) is 18.2 Å². The quantitative estimate of drug-likeness (QED) is 0.148. The zero-order valence-electron chi connectivity index (χ0n) is 18.4. The second-order valence-corrected chi connectivity index (χ2v) is 7.67. The Bertz CT molecular complexity index is 1130. The number of benzene rings is 1. The van der Waals surface area contributed by atoms with Gasteiger partial charge in [-0.15, -0.1) is 0 Å². The van der Waals surface area contributed by atoms with Crippen molar-refractivity contribution < 1.29 is 39.0 Å². The number of carboxylic acid groups (broad SMARTS) is 2. The molecule has 0 saturated heterocycles. The van der Waals surface area contributed by atoms with E-state index in [0.29, 0.717) is 5.56 Å². The lowest BCUT2D eigenvalue weighted by Gasteiger charge is -2.23. The van der Waals surface area contributed by atoms with E-state index in [4.69, 9.17) is 21.7 Å². The van der Waals surface area contributed by atoms with Crippen molar-refractivity contribution in [1.29, 1.82) is 0 Å². The second-order valence-electron chi connectivity index (χ2n) is 7.67. The van der Waals surface area contributed by atoms with Crippen LogP contribution >= 0.6 is 0 Å². The molecule has 14 heteroatoms. The monoisotopic (exact) mass is 490 g/mol. The molecular weight excluding hydrogens is 464 g/mol. The van der Waals surface area contributed by atoms with Gasteiger partial charge in [0.25, 0.3) is 0 Å². The predicted octanol–water partition coefficient (Wildman–Crippen LogP) is -2.44. The van der Waals surface area contributed by atoms with Crippen LogP contribution in [-0.2, 0) is 35.2 Å². The molecular formula is C21H26N6O8. The summed E-state index contributed by atoms with van der Waals surface area (Å²) < 4.78 is 0. The lowest BCUT2D eigenvalue weighted by Crippen LogP contribution is -2.57. The third kappa shape index (κ3) is 8.12. The molecule has 14 nitrogen and oxygen atoms in total. The number of aromatic amines is 1. The van der Waals surface area contributed by atoms with E-state index in [1.165, 1.54) is 0 Å². The number of H-pyrrole nitrogens is 1.